The third-order valence-corrected chi connectivity index (χ3v) is 4.77. The van der Waals surface area contributed by atoms with Crippen LogP contribution in [0, 0.1) is 0 Å². The summed E-state index contributed by atoms with van der Waals surface area (Å²) < 4.78 is 7.18. The molecule has 0 radical (unpaired) electrons. The molecule has 25 heavy (non-hydrogen) atoms. The minimum Gasteiger partial charge on any atom is -0.454 e. The number of carbonyl (C=O) groups excluding carboxylic acids is 1. The second-order valence-electron chi connectivity index (χ2n) is 6.69. The summed E-state index contributed by atoms with van der Waals surface area (Å²) in [5.41, 5.74) is 1.72. The van der Waals surface area contributed by atoms with Gasteiger partial charge < -0.3 is 14.2 Å². The highest BCUT2D eigenvalue weighted by Crippen LogP contribution is 2.18. The molecule has 3 rings (SSSR count). The molecule has 1 fully saturated rings. The molecule has 134 valence electrons. The van der Waals surface area contributed by atoms with Gasteiger partial charge in [-0.05, 0) is 38.1 Å². The Bertz CT molecular complexity index is 700. The molecule has 1 aliphatic rings. The van der Waals surface area contributed by atoms with E-state index in [2.05, 4.69) is 28.6 Å². The Kier molecular flexibility index (Phi) is 5.38. The lowest BCUT2D eigenvalue weighted by Crippen LogP contribution is -2.48. The Morgan fingerprint density at radius 2 is 1.84 bits per heavy atom. The van der Waals surface area contributed by atoms with Gasteiger partial charge in [0.05, 0.1) is 5.56 Å². The molecule has 0 atom stereocenters. The lowest BCUT2D eigenvalue weighted by Gasteiger charge is -2.38. The lowest BCUT2D eigenvalue weighted by molar-refractivity contribution is 0.0459. The van der Waals surface area contributed by atoms with E-state index in [1.165, 1.54) is 0 Å². The molecular formula is C19H26N4O2. The van der Waals surface area contributed by atoms with Gasteiger partial charge in [0.25, 0.3) is 0 Å². The topological polar surface area (TPSA) is 50.6 Å². The van der Waals surface area contributed by atoms with Crippen molar-refractivity contribution < 1.29 is 9.53 Å². The van der Waals surface area contributed by atoms with E-state index < -0.39 is 0 Å². The van der Waals surface area contributed by atoms with Gasteiger partial charge in [0.2, 0.25) is 0 Å². The highest BCUT2D eigenvalue weighted by molar-refractivity contribution is 5.89. The summed E-state index contributed by atoms with van der Waals surface area (Å²) in [5, 5.41) is 0. The molecular weight excluding hydrogens is 316 g/mol. The number of aromatic nitrogens is 2. The Balaban J connectivity index is 1.55. The predicted molar refractivity (Wildman–Crippen MR) is 97.7 cm³/mol. The quantitative estimate of drug-likeness (QED) is 0.781. The van der Waals surface area contributed by atoms with Crippen molar-refractivity contribution in [1.29, 1.82) is 0 Å². The van der Waals surface area contributed by atoms with Crippen molar-refractivity contribution in [1.82, 2.24) is 14.5 Å². The number of hydrogen-bond donors (Lipinski definition) is 0. The maximum absolute atomic E-state index is 12.2. The molecule has 1 saturated heterocycles. The number of benzene rings is 1. The van der Waals surface area contributed by atoms with Crippen LogP contribution in [0.25, 0.3) is 0 Å². The van der Waals surface area contributed by atoms with Gasteiger partial charge in [0.1, 0.15) is 12.4 Å². The minimum absolute atomic E-state index is 0.182. The number of piperazine rings is 1. The van der Waals surface area contributed by atoms with E-state index in [4.69, 9.17) is 4.74 Å². The molecule has 1 aliphatic heterocycles. The summed E-state index contributed by atoms with van der Waals surface area (Å²) in [7, 11) is 1.88. The molecule has 0 saturated carbocycles. The molecule has 6 nitrogen and oxygen atoms in total. The third-order valence-electron chi connectivity index (χ3n) is 4.77. The molecule has 0 N–H and O–H groups in total. The van der Waals surface area contributed by atoms with Gasteiger partial charge in [-0.2, -0.15) is 0 Å². The van der Waals surface area contributed by atoms with Crippen molar-refractivity contribution in [3.8, 4) is 0 Å². The van der Waals surface area contributed by atoms with E-state index in [1.54, 1.807) is 6.20 Å². The van der Waals surface area contributed by atoms with Crippen LogP contribution in [-0.4, -0.2) is 52.6 Å². The first kappa shape index (κ1) is 17.5. The monoisotopic (exact) mass is 342 g/mol. The number of ether oxygens (including phenoxy) is 1. The van der Waals surface area contributed by atoms with Gasteiger partial charge in [-0.1, -0.05) is 0 Å². The molecule has 0 spiro atoms. The number of imidazole rings is 1. The fraction of sp³-hybridized carbons (Fsp3) is 0.474. The van der Waals surface area contributed by atoms with E-state index in [0.717, 1.165) is 37.7 Å². The first-order chi connectivity index (χ1) is 12.0. The molecule has 0 unspecified atom stereocenters. The molecule has 0 bridgehead atoms. The van der Waals surface area contributed by atoms with E-state index in [1.807, 2.05) is 42.1 Å². The van der Waals surface area contributed by atoms with Crippen molar-refractivity contribution in [3.63, 3.8) is 0 Å². The van der Waals surface area contributed by atoms with E-state index in [9.17, 15) is 4.79 Å². The summed E-state index contributed by atoms with van der Waals surface area (Å²) in [4.78, 5) is 21.2. The SMILES string of the molecule is CC(C)N1CCN(c2ccc(C(=O)OCc3nccn3C)cc2)CC1. The number of esters is 1. The lowest BCUT2D eigenvalue weighted by atomic mass is 10.1. The highest BCUT2D eigenvalue weighted by Gasteiger charge is 2.19. The van der Waals surface area contributed by atoms with Crippen LogP contribution < -0.4 is 4.90 Å². The Labute approximate surface area is 149 Å². The highest BCUT2D eigenvalue weighted by atomic mass is 16.5. The maximum Gasteiger partial charge on any atom is 0.338 e. The largest absolute Gasteiger partial charge is 0.454 e. The normalized spacial score (nSPS) is 15.6. The van der Waals surface area contributed by atoms with Crippen LogP contribution in [0.5, 0.6) is 0 Å². The van der Waals surface area contributed by atoms with Crippen LogP contribution >= 0.6 is 0 Å². The fourth-order valence-electron chi connectivity index (χ4n) is 3.05. The number of hydrogen-bond acceptors (Lipinski definition) is 5. The summed E-state index contributed by atoms with van der Waals surface area (Å²) in [6.07, 6.45) is 3.52. The fourth-order valence-corrected chi connectivity index (χ4v) is 3.05. The molecule has 0 aliphatic carbocycles. The van der Waals surface area contributed by atoms with Gasteiger partial charge in [0.15, 0.2) is 0 Å². The van der Waals surface area contributed by atoms with Crippen molar-refractivity contribution >= 4 is 11.7 Å². The summed E-state index contributed by atoms with van der Waals surface area (Å²) in [6.45, 7) is 8.84. The smallest absolute Gasteiger partial charge is 0.338 e. The van der Waals surface area contributed by atoms with Crippen LogP contribution in [0.15, 0.2) is 36.7 Å². The second kappa shape index (κ2) is 7.70. The van der Waals surface area contributed by atoms with Gasteiger partial charge in [0, 0.05) is 57.3 Å². The maximum atomic E-state index is 12.2. The molecule has 2 heterocycles. The zero-order valence-electron chi connectivity index (χ0n) is 15.2. The van der Waals surface area contributed by atoms with Crippen molar-refractivity contribution in [2.24, 2.45) is 7.05 Å². The Morgan fingerprint density at radius 3 is 2.40 bits per heavy atom. The van der Waals surface area contributed by atoms with Gasteiger partial charge in [-0.25, -0.2) is 9.78 Å². The zero-order valence-corrected chi connectivity index (χ0v) is 15.2. The molecule has 1 aromatic heterocycles. The summed E-state index contributed by atoms with van der Waals surface area (Å²) in [6, 6.07) is 8.28. The van der Waals surface area contributed by atoms with Gasteiger partial charge >= 0.3 is 5.97 Å². The minimum atomic E-state index is -0.320. The zero-order chi connectivity index (χ0) is 17.8. The van der Waals surface area contributed by atoms with Crippen LogP contribution in [0.4, 0.5) is 5.69 Å². The summed E-state index contributed by atoms with van der Waals surface area (Å²) in [5.74, 6) is 0.409. The van der Waals surface area contributed by atoms with Crippen LogP contribution in [0.2, 0.25) is 0 Å². The second-order valence-corrected chi connectivity index (χ2v) is 6.69. The molecule has 1 aromatic carbocycles. The van der Waals surface area contributed by atoms with Crippen LogP contribution in [0.3, 0.4) is 0 Å². The van der Waals surface area contributed by atoms with Crippen molar-refractivity contribution in [2.75, 3.05) is 31.1 Å². The van der Waals surface area contributed by atoms with E-state index in [0.29, 0.717) is 11.6 Å². The Hall–Kier alpha value is -2.34. The van der Waals surface area contributed by atoms with E-state index >= 15 is 0 Å². The molecule has 0 amide bonds. The summed E-state index contributed by atoms with van der Waals surface area (Å²) >= 11 is 0. The van der Waals surface area contributed by atoms with Gasteiger partial charge in [-0.3, -0.25) is 4.90 Å². The number of carbonyl (C=O) groups is 1. The number of nitrogens with zero attached hydrogens (tertiary/aromatic N) is 4. The number of aryl methyl sites for hydroxylation is 1. The van der Waals surface area contributed by atoms with Gasteiger partial charge in [-0.15, -0.1) is 0 Å². The number of anilines is 1. The predicted octanol–water partition coefficient (Wildman–Crippen LogP) is 2.31. The molecule has 6 heteroatoms. The van der Waals surface area contributed by atoms with Crippen molar-refractivity contribution in [3.05, 3.63) is 48.0 Å². The Morgan fingerprint density at radius 1 is 1.16 bits per heavy atom. The van der Waals surface area contributed by atoms with Crippen molar-refractivity contribution in [2.45, 2.75) is 26.5 Å². The first-order valence-corrected chi connectivity index (χ1v) is 8.77. The van der Waals surface area contributed by atoms with E-state index in [-0.39, 0.29) is 12.6 Å². The standard InChI is InChI=1S/C19H26N4O2/c1-15(2)22-10-12-23(13-11-22)17-6-4-16(5-7-17)19(24)25-14-18-20-8-9-21(18)3/h4-9,15H,10-14H2,1-3H3. The molecule has 2 aromatic rings. The van der Waals surface area contributed by atoms with Crippen LogP contribution in [0.1, 0.15) is 30.0 Å². The van der Waals surface area contributed by atoms with Crippen LogP contribution in [-0.2, 0) is 18.4 Å². The first-order valence-electron chi connectivity index (χ1n) is 8.77. The average molecular weight is 342 g/mol. The average Bonchev–Trinajstić information content (AvgIpc) is 3.05. The third kappa shape index (κ3) is 4.20. The number of rotatable bonds is 5.